The number of hydrogen-bond donors (Lipinski definition) is 1. The number of nitriles is 1. The van der Waals surface area contributed by atoms with Crippen molar-refractivity contribution >= 4 is 11.5 Å². The minimum atomic E-state index is -0.944. The molecule has 6 heteroatoms. The van der Waals surface area contributed by atoms with E-state index in [0.29, 0.717) is 25.2 Å². The highest BCUT2D eigenvalue weighted by atomic mass is 16.5. The van der Waals surface area contributed by atoms with Crippen molar-refractivity contribution in [2.45, 2.75) is 25.9 Å². The predicted octanol–water partition coefficient (Wildman–Crippen LogP) is 3.76. The molecule has 1 N–H and O–H groups in total. The molecule has 0 saturated heterocycles. The maximum atomic E-state index is 11.2. The van der Waals surface area contributed by atoms with E-state index in [-0.39, 0.29) is 0 Å². The van der Waals surface area contributed by atoms with Gasteiger partial charge in [-0.2, -0.15) is 5.26 Å². The molecule has 0 aromatic heterocycles. The number of nitrogens with zero attached hydrogens (tertiary/aromatic N) is 2. The molecule has 0 aliphatic carbocycles. The van der Waals surface area contributed by atoms with Crippen LogP contribution in [-0.4, -0.2) is 54.9 Å². The molecule has 3 rings (SSSR count). The summed E-state index contributed by atoms with van der Waals surface area (Å²) in [6.45, 7) is 5.45. The first-order valence-corrected chi connectivity index (χ1v) is 10.6. The molecule has 2 aromatic carbocycles. The third kappa shape index (κ3) is 6.68. The van der Waals surface area contributed by atoms with Crippen LogP contribution in [0.1, 0.15) is 30.0 Å². The molecule has 1 heterocycles. The fraction of sp³-hybridized carbons (Fsp3) is 0.360. The molecular weight excluding hydrogens is 392 g/mol. The number of aliphatic carboxylic acids is 1. The van der Waals surface area contributed by atoms with Crippen molar-refractivity contribution in [2.24, 2.45) is 0 Å². The molecule has 162 valence electrons. The minimum Gasteiger partial charge on any atom is -0.492 e. The fourth-order valence-corrected chi connectivity index (χ4v) is 3.58. The van der Waals surface area contributed by atoms with Crippen molar-refractivity contribution in [3.8, 4) is 11.8 Å². The summed E-state index contributed by atoms with van der Waals surface area (Å²) in [6.07, 6.45) is 2.74. The van der Waals surface area contributed by atoms with Gasteiger partial charge in [0.1, 0.15) is 12.4 Å². The molecule has 1 aliphatic heterocycles. The molecule has 0 spiro atoms. The SMILES string of the molecule is CCOC(Cc1ccc(OCCN2CC=C(c3ccc(C#N)cc3)CC2)cc1)C(=O)O. The molecule has 0 amide bonds. The van der Waals surface area contributed by atoms with Gasteiger partial charge < -0.3 is 14.6 Å². The summed E-state index contributed by atoms with van der Waals surface area (Å²) < 4.78 is 11.1. The van der Waals surface area contributed by atoms with Gasteiger partial charge in [-0.3, -0.25) is 4.90 Å². The molecule has 0 saturated carbocycles. The highest BCUT2D eigenvalue weighted by molar-refractivity contribution is 5.72. The first-order valence-electron chi connectivity index (χ1n) is 10.6. The van der Waals surface area contributed by atoms with Crippen molar-refractivity contribution in [3.05, 3.63) is 71.3 Å². The molecule has 0 radical (unpaired) electrons. The van der Waals surface area contributed by atoms with Gasteiger partial charge >= 0.3 is 5.97 Å². The van der Waals surface area contributed by atoms with Crippen LogP contribution in [0, 0.1) is 11.3 Å². The lowest BCUT2D eigenvalue weighted by atomic mass is 9.98. The smallest absolute Gasteiger partial charge is 0.333 e. The van der Waals surface area contributed by atoms with Crippen molar-refractivity contribution in [3.63, 3.8) is 0 Å². The Morgan fingerprint density at radius 3 is 2.52 bits per heavy atom. The van der Waals surface area contributed by atoms with Gasteiger partial charge in [0.05, 0.1) is 11.6 Å². The zero-order valence-corrected chi connectivity index (χ0v) is 17.8. The summed E-state index contributed by atoms with van der Waals surface area (Å²) >= 11 is 0. The Hall–Kier alpha value is -3.14. The van der Waals surface area contributed by atoms with E-state index in [1.165, 1.54) is 11.1 Å². The molecule has 1 aliphatic rings. The lowest BCUT2D eigenvalue weighted by molar-refractivity contribution is -0.149. The zero-order valence-electron chi connectivity index (χ0n) is 17.8. The van der Waals surface area contributed by atoms with Gasteiger partial charge in [-0.15, -0.1) is 0 Å². The van der Waals surface area contributed by atoms with Gasteiger partial charge in [-0.25, -0.2) is 4.79 Å². The average Bonchev–Trinajstić information content (AvgIpc) is 2.80. The Morgan fingerprint density at radius 1 is 1.19 bits per heavy atom. The summed E-state index contributed by atoms with van der Waals surface area (Å²) in [5.41, 5.74) is 4.10. The van der Waals surface area contributed by atoms with Gasteiger partial charge in [0, 0.05) is 32.7 Å². The monoisotopic (exact) mass is 420 g/mol. The first-order chi connectivity index (χ1) is 15.1. The Morgan fingerprint density at radius 2 is 1.94 bits per heavy atom. The number of hydrogen-bond acceptors (Lipinski definition) is 5. The van der Waals surface area contributed by atoms with Crippen LogP contribution < -0.4 is 4.74 Å². The minimum absolute atomic E-state index is 0.338. The van der Waals surface area contributed by atoms with E-state index in [1.54, 1.807) is 6.92 Å². The van der Waals surface area contributed by atoms with Crippen LogP contribution >= 0.6 is 0 Å². The van der Waals surface area contributed by atoms with Gasteiger partial charge in [-0.1, -0.05) is 30.3 Å². The Kier molecular flexibility index (Phi) is 8.22. The highest BCUT2D eigenvalue weighted by Crippen LogP contribution is 2.22. The summed E-state index contributed by atoms with van der Waals surface area (Å²) in [4.78, 5) is 13.6. The summed E-state index contributed by atoms with van der Waals surface area (Å²) in [7, 11) is 0. The molecule has 31 heavy (non-hydrogen) atoms. The topological polar surface area (TPSA) is 82.8 Å². The molecule has 0 bridgehead atoms. The second-order valence-electron chi connectivity index (χ2n) is 7.45. The molecule has 0 fully saturated rings. The third-order valence-corrected chi connectivity index (χ3v) is 5.34. The number of carboxylic acids is 1. The quantitative estimate of drug-likeness (QED) is 0.630. The third-order valence-electron chi connectivity index (χ3n) is 5.34. The molecule has 1 atom stereocenters. The Balaban J connectivity index is 1.43. The van der Waals surface area contributed by atoms with Gasteiger partial charge in [0.15, 0.2) is 6.10 Å². The second kappa shape index (κ2) is 11.3. The summed E-state index contributed by atoms with van der Waals surface area (Å²) in [5, 5.41) is 18.1. The van der Waals surface area contributed by atoms with E-state index >= 15 is 0 Å². The van der Waals surface area contributed by atoms with Crippen LogP contribution in [0.15, 0.2) is 54.6 Å². The van der Waals surface area contributed by atoms with Gasteiger partial charge in [-0.05, 0) is 54.3 Å². The number of benzene rings is 2. The molecular formula is C25H28N2O4. The van der Waals surface area contributed by atoms with E-state index < -0.39 is 12.1 Å². The van der Waals surface area contributed by atoms with Crippen LogP contribution in [0.5, 0.6) is 5.75 Å². The normalized spacial score (nSPS) is 15.0. The second-order valence-corrected chi connectivity index (χ2v) is 7.45. The van der Waals surface area contributed by atoms with Crippen LogP contribution in [0.25, 0.3) is 5.57 Å². The van der Waals surface area contributed by atoms with Crippen LogP contribution in [0.3, 0.4) is 0 Å². The lowest BCUT2D eigenvalue weighted by Gasteiger charge is -2.26. The Bertz CT molecular complexity index is 929. The zero-order chi connectivity index (χ0) is 22.1. The van der Waals surface area contributed by atoms with Crippen molar-refractivity contribution in [1.29, 1.82) is 5.26 Å². The standard InChI is InChI=1S/C25H28N2O4/c1-2-30-24(25(28)29)17-19-5-9-23(10-6-19)31-16-15-27-13-11-22(12-14-27)21-7-3-20(18-26)4-8-21/h3-11,24H,2,12-17H2,1H3,(H,28,29). The van der Waals surface area contributed by atoms with Gasteiger partial charge in [0.2, 0.25) is 0 Å². The fourth-order valence-electron chi connectivity index (χ4n) is 3.58. The largest absolute Gasteiger partial charge is 0.492 e. The average molecular weight is 421 g/mol. The van der Waals surface area contributed by atoms with E-state index in [2.05, 4.69) is 17.0 Å². The highest BCUT2D eigenvalue weighted by Gasteiger charge is 2.18. The Labute approximate surface area is 183 Å². The summed E-state index contributed by atoms with van der Waals surface area (Å²) in [5.74, 6) is -0.169. The van der Waals surface area contributed by atoms with E-state index in [9.17, 15) is 9.90 Å². The van der Waals surface area contributed by atoms with Gasteiger partial charge in [0.25, 0.3) is 0 Å². The summed E-state index contributed by atoms with van der Waals surface area (Å²) in [6, 6.07) is 17.4. The van der Waals surface area contributed by atoms with Crippen LogP contribution in [0.4, 0.5) is 0 Å². The number of ether oxygens (including phenoxy) is 2. The van der Waals surface area contributed by atoms with E-state index in [1.807, 2.05) is 48.5 Å². The molecule has 2 aromatic rings. The van der Waals surface area contributed by atoms with E-state index in [4.69, 9.17) is 14.7 Å². The molecule has 1 unspecified atom stereocenters. The van der Waals surface area contributed by atoms with Crippen LogP contribution in [-0.2, 0) is 16.0 Å². The number of rotatable bonds is 10. The lowest BCUT2D eigenvalue weighted by Crippen LogP contribution is -2.32. The first kappa shape index (κ1) is 22.5. The predicted molar refractivity (Wildman–Crippen MR) is 119 cm³/mol. The van der Waals surface area contributed by atoms with Crippen molar-refractivity contribution < 1.29 is 19.4 Å². The number of carbonyl (C=O) groups is 1. The molecule has 6 nitrogen and oxygen atoms in total. The van der Waals surface area contributed by atoms with Crippen LogP contribution in [0.2, 0.25) is 0 Å². The van der Waals surface area contributed by atoms with Crippen molar-refractivity contribution in [2.75, 3.05) is 32.8 Å². The maximum Gasteiger partial charge on any atom is 0.333 e. The van der Waals surface area contributed by atoms with Crippen molar-refractivity contribution in [1.82, 2.24) is 4.90 Å². The maximum absolute atomic E-state index is 11.2. The number of carboxylic acid groups (broad SMARTS) is 1. The van der Waals surface area contributed by atoms with E-state index in [0.717, 1.165) is 37.4 Å².